The molecule has 47 heavy (non-hydrogen) atoms. The molecule has 242 valence electrons. The molecular weight excluding hydrogens is 631 g/mol. The van der Waals surface area contributed by atoms with Crippen LogP contribution in [-0.4, -0.2) is 71.0 Å². The maximum atomic E-state index is 13.4. The average molecular weight is 661 g/mol. The molecule has 1 aliphatic heterocycles. The highest BCUT2D eigenvalue weighted by atomic mass is 31.2. The number of carbonyl (C=O) groups excluding carboxylic acids is 4. The number of benzene rings is 4. The van der Waals surface area contributed by atoms with Crippen molar-refractivity contribution in [1.29, 1.82) is 0 Å². The first-order chi connectivity index (χ1) is 22.8. The van der Waals surface area contributed by atoms with Gasteiger partial charge in [-0.15, -0.1) is 0 Å². The molecular formula is C34H29O12P. The molecule has 1 unspecified atom stereocenters. The molecule has 1 heterocycles. The highest BCUT2D eigenvalue weighted by Crippen LogP contribution is 2.37. The Morgan fingerprint density at radius 1 is 0.532 bits per heavy atom. The predicted molar refractivity (Wildman–Crippen MR) is 165 cm³/mol. The smallest absolute Gasteiger partial charge is 0.338 e. The van der Waals surface area contributed by atoms with E-state index in [0.29, 0.717) is 0 Å². The van der Waals surface area contributed by atoms with Gasteiger partial charge in [-0.25, -0.2) is 19.2 Å². The van der Waals surface area contributed by atoms with Crippen LogP contribution in [0.3, 0.4) is 0 Å². The molecule has 4 aromatic carbocycles. The van der Waals surface area contributed by atoms with Crippen LogP contribution >= 0.6 is 8.60 Å². The molecule has 0 aromatic heterocycles. The molecule has 1 fully saturated rings. The third-order valence-corrected chi connectivity index (χ3v) is 7.33. The van der Waals surface area contributed by atoms with Crippen molar-refractivity contribution in [2.75, 3.05) is 6.61 Å². The Labute approximate surface area is 270 Å². The molecule has 0 spiro atoms. The fraction of sp³-hybridized carbons (Fsp3) is 0.176. The third-order valence-electron chi connectivity index (χ3n) is 6.94. The zero-order chi connectivity index (χ0) is 33.2. The van der Waals surface area contributed by atoms with Gasteiger partial charge in [0.2, 0.25) is 6.29 Å². The van der Waals surface area contributed by atoms with Gasteiger partial charge in [-0.2, -0.15) is 0 Å². The highest BCUT2D eigenvalue weighted by molar-refractivity contribution is 7.39. The lowest BCUT2D eigenvalue weighted by atomic mass is 9.97. The topological polar surface area (TPSA) is 164 Å². The van der Waals surface area contributed by atoms with Gasteiger partial charge in [0.25, 0.3) is 0 Å². The highest BCUT2D eigenvalue weighted by Gasteiger charge is 2.54. The van der Waals surface area contributed by atoms with E-state index in [-0.39, 0.29) is 22.3 Å². The molecule has 0 radical (unpaired) electrons. The first-order valence-electron chi connectivity index (χ1n) is 14.3. The van der Waals surface area contributed by atoms with Crippen LogP contribution < -0.4 is 0 Å². The molecule has 1 aliphatic rings. The van der Waals surface area contributed by atoms with Gasteiger partial charge in [0.1, 0.15) is 12.7 Å². The van der Waals surface area contributed by atoms with Crippen molar-refractivity contribution in [3.8, 4) is 0 Å². The lowest BCUT2D eigenvalue weighted by molar-refractivity contribution is -0.276. The lowest BCUT2D eigenvalue weighted by Gasteiger charge is -2.44. The van der Waals surface area contributed by atoms with Crippen LogP contribution in [0, 0.1) is 0 Å². The number of ether oxygens (including phenoxy) is 5. The lowest BCUT2D eigenvalue weighted by Crippen LogP contribution is -2.62. The summed E-state index contributed by atoms with van der Waals surface area (Å²) in [6.07, 6.45) is -8.16. The SMILES string of the molecule is O=C(OC[C@H]1OC(OP(O)O)[C@H](OC(=O)c2ccccc2)[C@@H](OC(=O)c2ccccc2)[C@H]1OC(=O)c1ccccc1)c1ccccc1. The fourth-order valence-electron chi connectivity index (χ4n) is 4.71. The molecule has 4 aromatic rings. The minimum atomic E-state index is -3.13. The van der Waals surface area contributed by atoms with Crippen molar-refractivity contribution in [3.63, 3.8) is 0 Å². The second kappa shape index (κ2) is 16.0. The van der Waals surface area contributed by atoms with E-state index in [1.807, 2.05) is 0 Å². The van der Waals surface area contributed by atoms with Gasteiger partial charge >= 0.3 is 32.5 Å². The van der Waals surface area contributed by atoms with Crippen molar-refractivity contribution in [2.24, 2.45) is 0 Å². The van der Waals surface area contributed by atoms with Crippen molar-refractivity contribution < 1.29 is 57.2 Å². The summed E-state index contributed by atoms with van der Waals surface area (Å²) in [6.45, 7) is -0.576. The molecule has 2 N–H and O–H groups in total. The summed E-state index contributed by atoms with van der Waals surface area (Å²) in [7, 11) is -3.13. The second-order valence-electron chi connectivity index (χ2n) is 10.1. The van der Waals surface area contributed by atoms with Gasteiger partial charge in [-0.3, -0.25) is 4.52 Å². The van der Waals surface area contributed by atoms with Gasteiger partial charge in [0.05, 0.1) is 22.3 Å². The van der Waals surface area contributed by atoms with Crippen molar-refractivity contribution in [2.45, 2.75) is 30.7 Å². The summed E-state index contributed by atoms with van der Waals surface area (Å²) < 4.78 is 34.1. The molecule has 0 saturated carbocycles. The van der Waals surface area contributed by atoms with E-state index in [2.05, 4.69) is 0 Å². The number of hydrogen-bond donors (Lipinski definition) is 2. The maximum Gasteiger partial charge on any atom is 0.338 e. The van der Waals surface area contributed by atoms with Gasteiger partial charge < -0.3 is 33.5 Å². The number of carbonyl (C=O) groups is 4. The van der Waals surface area contributed by atoms with Gasteiger partial charge in [0, 0.05) is 0 Å². The van der Waals surface area contributed by atoms with Crippen LogP contribution in [0.4, 0.5) is 0 Å². The van der Waals surface area contributed by atoms with Crippen LogP contribution in [0.1, 0.15) is 41.4 Å². The molecule has 5 atom stereocenters. The summed E-state index contributed by atoms with van der Waals surface area (Å²) in [5, 5.41) is 0. The molecule has 12 nitrogen and oxygen atoms in total. The molecule has 5 rings (SSSR count). The van der Waals surface area contributed by atoms with E-state index in [4.69, 9.17) is 28.2 Å². The van der Waals surface area contributed by atoms with E-state index >= 15 is 0 Å². The zero-order valence-corrected chi connectivity index (χ0v) is 25.5. The number of rotatable bonds is 11. The van der Waals surface area contributed by atoms with Gasteiger partial charge in [0.15, 0.2) is 18.3 Å². The number of hydrogen-bond acceptors (Lipinski definition) is 12. The number of esters is 4. The minimum absolute atomic E-state index is 0.103. The van der Waals surface area contributed by atoms with Gasteiger partial charge in [-0.1, -0.05) is 72.8 Å². The summed E-state index contributed by atoms with van der Waals surface area (Å²) in [5.74, 6) is -3.41. The second-order valence-corrected chi connectivity index (χ2v) is 10.8. The van der Waals surface area contributed by atoms with Crippen LogP contribution in [-0.2, 0) is 28.2 Å². The normalized spacial score (nSPS) is 20.5. The first kappa shape index (κ1) is 33.4. The molecule has 0 bridgehead atoms. The van der Waals surface area contributed by atoms with E-state index in [1.54, 1.807) is 72.8 Å². The Balaban J connectivity index is 1.54. The van der Waals surface area contributed by atoms with Crippen LogP contribution in [0.5, 0.6) is 0 Å². The monoisotopic (exact) mass is 660 g/mol. The Hall–Kier alpha value is -4.97. The van der Waals surface area contributed by atoms with E-state index < -0.39 is 69.8 Å². The Bertz CT molecular complexity index is 1640. The van der Waals surface area contributed by atoms with E-state index in [9.17, 15) is 29.0 Å². The van der Waals surface area contributed by atoms with Crippen molar-refractivity contribution in [3.05, 3.63) is 144 Å². The quantitative estimate of drug-likeness (QED) is 0.132. The average Bonchev–Trinajstić information content (AvgIpc) is 3.10. The summed E-state index contributed by atoms with van der Waals surface area (Å²) in [5.41, 5.74) is 0.554. The molecule has 13 heteroatoms. The minimum Gasteiger partial charge on any atom is -0.459 e. The standard InChI is InChI=1S/C34H29O12P/c35-30(22-13-5-1-6-14-22)41-21-26-27(43-31(36)23-15-7-2-8-16-23)28(44-32(37)24-17-9-3-10-18-24)29(34(42-26)46-47(39)40)45-33(38)25-19-11-4-12-20-25/h1-20,26-29,34,39-40H,21H2/t26-,27+,28+,29-,34?/m1/s1. The summed E-state index contributed by atoms with van der Waals surface area (Å²) in [4.78, 5) is 72.6. The van der Waals surface area contributed by atoms with Crippen molar-refractivity contribution >= 4 is 32.5 Å². The molecule has 1 saturated heterocycles. The van der Waals surface area contributed by atoms with Crippen molar-refractivity contribution in [1.82, 2.24) is 0 Å². The predicted octanol–water partition coefficient (Wildman–Crippen LogP) is 4.47. The fourth-order valence-corrected chi connectivity index (χ4v) is 5.06. The van der Waals surface area contributed by atoms with Gasteiger partial charge in [-0.05, 0) is 48.5 Å². The van der Waals surface area contributed by atoms with E-state index in [1.165, 1.54) is 48.5 Å². The van der Waals surface area contributed by atoms with Crippen LogP contribution in [0.2, 0.25) is 0 Å². The molecule has 0 amide bonds. The maximum absolute atomic E-state index is 13.4. The van der Waals surface area contributed by atoms with Crippen LogP contribution in [0.15, 0.2) is 121 Å². The summed E-state index contributed by atoms with van der Waals surface area (Å²) >= 11 is 0. The molecule has 0 aliphatic carbocycles. The zero-order valence-electron chi connectivity index (χ0n) is 24.6. The summed E-state index contributed by atoms with van der Waals surface area (Å²) in [6, 6.07) is 31.6. The van der Waals surface area contributed by atoms with E-state index in [0.717, 1.165) is 0 Å². The third kappa shape index (κ3) is 8.85. The van der Waals surface area contributed by atoms with Crippen LogP contribution in [0.25, 0.3) is 0 Å². The Morgan fingerprint density at radius 3 is 1.30 bits per heavy atom. The first-order valence-corrected chi connectivity index (χ1v) is 15.5. The Kier molecular flexibility index (Phi) is 11.4. The Morgan fingerprint density at radius 2 is 0.894 bits per heavy atom. The largest absolute Gasteiger partial charge is 0.459 e.